The Morgan fingerprint density at radius 3 is 2.67 bits per heavy atom. The molecular weight excluding hydrogens is 226 g/mol. The third-order valence-electron chi connectivity index (χ3n) is 3.01. The molecule has 0 bridgehead atoms. The first kappa shape index (κ1) is 12.3. The highest BCUT2D eigenvalue weighted by atomic mass is 16.1. The molecule has 4 nitrogen and oxygen atoms in total. The zero-order valence-electron chi connectivity index (χ0n) is 10.6. The normalized spacial score (nSPS) is 10.1. The molecule has 1 aromatic carbocycles. The van der Waals surface area contributed by atoms with E-state index in [0.717, 1.165) is 23.5 Å². The lowest BCUT2D eigenvalue weighted by Crippen LogP contribution is -2.04. The molecule has 0 amide bonds. The van der Waals surface area contributed by atoms with E-state index in [1.165, 1.54) is 5.56 Å². The molecular formula is C14H15N3O. The Balaban J connectivity index is 2.27. The first-order valence-corrected chi connectivity index (χ1v) is 5.83. The average Bonchev–Trinajstić information content (AvgIpc) is 2.64. The summed E-state index contributed by atoms with van der Waals surface area (Å²) in [5.74, 6) is 0. The summed E-state index contributed by atoms with van der Waals surface area (Å²) in [7, 11) is 0. The van der Waals surface area contributed by atoms with E-state index in [1.807, 2.05) is 36.7 Å². The van der Waals surface area contributed by atoms with Crippen LogP contribution in [-0.4, -0.2) is 15.9 Å². The quantitative estimate of drug-likeness (QED) is 0.609. The van der Waals surface area contributed by atoms with Crippen LogP contribution in [0, 0.1) is 13.8 Å². The molecule has 18 heavy (non-hydrogen) atoms. The fourth-order valence-corrected chi connectivity index (χ4v) is 1.98. The van der Waals surface area contributed by atoms with Crippen LogP contribution >= 0.6 is 0 Å². The van der Waals surface area contributed by atoms with E-state index < -0.39 is 0 Å². The zero-order chi connectivity index (χ0) is 13.0. The molecule has 2 rings (SSSR count). The maximum atomic E-state index is 10.2. The van der Waals surface area contributed by atoms with Gasteiger partial charge in [0.25, 0.3) is 0 Å². The SMILES string of the molecule is Cc1nn(Cc2ccccc2)c(C)c1CN=C=O. The van der Waals surface area contributed by atoms with Gasteiger partial charge in [0, 0.05) is 11.3 Å². The van der Waals surface area contributed by atoms with Crippen LogP contribution in [0.15, 0.2) is 35.3 Å². The van der Waals surface area contributed by atoms with Crippen molar-refractivity contribution in [3.63, 3.8) is 0 Å². The number of hydrogen-bond donors (Lipinski definition) is 0. The second kappa shape index (κ2) is 5.43. The molecule has 0 aliphatic heterocycles. The minimum absolute atomic E-state index is 0.357. The van der Waals surface area contributed by atoms with Crippen molar-refractivity contribution in [3.8, 4) is 0 Å². The predicted molar refractivity (Wildman–Crippen MR) is 69.1 cm³/mol. The highest BCUT2D eigenvalue weighted by molar-refractivity contribution is 5.35. The van der Waals surface area contributed by atoms with Crippen LogP contribution in [-0.2, 0) is 17.9 Å². The van der Waals surface area contributed by atoms with Crippen LogP contribution in [0.1, 0.15) is 22.5 Å². The predicted octanol–water partition coefficient (Wildman–Crippen LogP) is 2.38. The summed E-state index contributed by atoms with van der Waals surface area (Å²) in [6.07, 6.45) is 1.57. The number of isocyanates is 1. The van der Waals surface area contributed by atoms with Crippen molar-refractivity contribution in [2.45, 2.75) is 26.9 Å². The molecule has 1 aromatic heterocycles. The van der Waals surface area contributed by atoms with Crippen molar-refractivity contribution in [1.29, 1.82) is 0 Å². The topological polar surface area (TPSA) is 47.2 Å². The summed E-state index contributed by atoms with van der Waals surface area (Å²) in [5.41, 5.74) is 4.18. The van der Waals surface area contributed by atoms with Crippen LogP contribution in [0.4, 0.5) is 0 Å². The lowest BCUT2D eigenvalue weighted by Gasteiger charge is -2.04. The fourth-order valence-electron chi connectivity index (χ4n) is 1.98. The van der Waals surface area contributed by atoms with Gasteiger partial charge in [-0.05, 0) is 19.4 Å². The van der Waals surface area contributed by atoms with Gasteiger partial charge in [0.1, 0.15) is 0 Å². The van der Waals surface area contributed by atoms with Gasteiger partial charge in [0.05, 0.1) is 18.8 Å². The van der Waals surface area contributed by atoms with Crippen molar-refractivity contribution in [2.24, 2.45) is 4.99 Å². The monoisotopic (exact) mass is 241 g/mol. The molecule has 0 aliphatic rings. The summed E-state index contributed by atoms with van der Waals surface area (Å²) < 4.78 is 1.94. The molecule has 0 aliphatic carbocycles. The van der Waals surface area contributed by atoms with Gasteiger partial charge in [-0.2, -0.15) is 5.10 Å². The van der Waals surface area contributed by atoms with Gasteiger partial charge in [-0.25, -0.2) is 9.79 Å². The summed E-state index contributed by atoms with van der Waals surface area (Å²) in [5, 5.41) is 4.49. The molecule has 0 radical (unpaired) electrons. The lowest BCUT2D eigenvalue weighted by atomic mass is 10.2. The minimum atomic E-state index is 0.357. The Hall–Kier alpha value is -2.19. The smallest absolute Gasteiger partial charge is 0.235 e. The van der Waals surface area contributed by atoms with Crippen LogP contribution in [0.2, 0.25) is 0 Å². The van der Waals surface area contributed by atoms with Crippen LogP contribution in [0.25, 0.3) is 0 Å². The molecule has 4 heteroatoms. The van der Waals surface area contributed by atoms with E-state index in [4.69, 9.17) is 0 Å². The Kier molecular flexibility index (Phi) is 3.70. The molecule has 0 unspecified atom stereocenters. The molecule has 0 fully saturated rings. The molecule has 0 spiro atoms. The average molecular weight is 241 g/mol. The van der Waals surface area contributed by atoms with Crippen LogP contribution in [0.3, 0.4) is 0 Å². The largest absolute Gasteiger partial charge is 0.265 e. The van der Waals surface area contributed by atoms with Gasteiger partial charge >= 0.3 is 0 Å². The van der Waals surface area contributed by atoms with Crippen LogP contribution in [0.5, 0.6) is 0 Å². The van der Waals surface area contributed by atoms with Gasteiger partial charge in [0.2, 0.25) is 6.08 Å². The Morgan fingerprint density at radius 1 is 1.28 bits per heavy atom. The van der Waals surface area contributed by atoms with Crippen molar-refractivity contribution >= 4 is 6.08 Å². The number of carbonyl (C=O) groups excluding carboxylic acids is 1. The van der Waals surface area contributed by atoms with E-state index in [9.17, 15) is 4.79 Å². The maximum Gasteiger partial charge on any atom is 0.235 e. The summed E-state index contributed by atoms with van der Waals surface area (Å²) >= 11 is 0. The fraction of sp³-hybridized carbons (Fsp3) is 0.286. The number of rotatable bonds is 4. The number of nitrogens with zero attached hydrogens (tertiary/aromatic N) is 3. The molecule has 0 atom stereocenters. The molecule has 0 N–H and O–H groups in total. The Labute approximate surface area is 106 Å². The number of benzene rings is 1. The highest BCUT2D eigenvalue weighted by Gasteiger charge is 2.10. The van der Waals surface area contributed by atoms with Crippen LogP contribution < -0.4 is 0 Å². The maximum absolute atomic E-state index is 10.2. The first-order chi connectivity index (χ1) is 8.72. The molecule has 1 heterocycles. The summed E-state index contributed by atoms with van der Waals surface area (Å²) in [6, 6.07) is 10.2. The van der Waals surface area contributed by atoms with Crippen molar-refractivity contribution in [1.82, 2.24) is 9.78 Å². The van der Waals surface area contributed by atoms with E-state index in [2.05, 4.69) is 22.2 Å². The number of aromatic nitrogens is 2. The van der Waals surface area contributed by atoms with Gasteiger partial charge in [0.15, 0.2) is 0 Å². The van der Waals surface area contributed by atoms with Crippen molar-refractivity contribution < 1.29 is 4.79 Å². The molecule has 0 saturated heterocycles. The summed E-state index contributed by atoms with van der Waals surface area (Å²) in [6.45, 7) is 5.02. The highest BCUT2D eigenvalue weighted by Crippen LogP contribution is 2.15. The van der Waals surface area contributed by atoms with Gasteiger partial charge in [-0.1, -0.05) is 30.3 Å². The summed E-state index contributed by atoms with van der Waals surface area (Å²) in [4.78, 5) is 13.8. The van der Waals surface area contributed by atoms with Crippen molar-refractivity contribution in [3.05, 3.63) is 52.8 Å². The standard InChI is InChI=1S/C14H15N3O/c1-11-14(8-15-10-18)12(2)17(16-11)9-13-6-4-3-5-7-13/h3-7H,8-9H2,1-2H3. The van der Waals surface area contributed by atoms with Gasteiger partial charge < -0.3 is 0 Å². The number of aliphatic imine (C=N–C) groups is 1. The number of aryl methyl sites for hydroxylation is 1. The molecule has 92 valence electrons. The third-order valence-corrected chi connectivity index (χ3v) is 3.01. The Morgan fingerprint density at radius 2 is 2.00 bits per heavy atom. The molecule has 2 aromatic rings. The van der Waals surface area contributed by atoms with Crippen molar-refractivity contribution in [2.75, 3.05) is 0 Å². The minimum Gasteiger partial charge on any atom is -0.265 e. The zero-order valence-corrected chi connectivity index (χ0v) is 10.6. The second-order valence-electron chi connectivity index (χ2n) is 4.20. The van der Waals surface area contributed by atoms with E-state index >= 15 is 0 Å². The number of hydrogen-bond acceptors (Lipinski definition) is 3. The van der Waals surface area contributed by atoms with E-state index in [-0.39, 0.29) is 0 Å². The first-order valence-electron chi connectivity index (χ1n) is 5.83. The lowest BCUT2D eigenvalue weighted by molar-refractivity contribution is 0.562. The third kappa shape index (κ3) is 2.55. The second-order valence-corrected chi connectivity index (χ2v) is 4.20. The van der Waals surface area contributed by atoms with Gasteiger partial charge in [-0.3, -0.25) is 4.68 Å². The Bertz CT molecular complexity index is 581. The van der Waals surface area contributed by atoms with Gasteiger partial charge in [-0.15, -0.1) is 0 Å². The molecule has 0 saturated carbocycles. The van der Waals surface area contributed by atoms with E-state index in [0.29, 0.717) is 6.54 Å². The van der Waals surface area contributed by atoms with E-state index in [1.54, 1.807) is 6.08 Å².